The van der Waals surface area contributed by atoms with Gasteiger partial charge in [-0.2, -0.15) is 0 Å². The molecule has 0 saturated carbocycles. The largest absolute Gasteiger partial charge is 0.303 e. The average Bonchev–Trinajstić information content (AvgIpc) is 1.82. The summed E-state index contributed by atoms with van der Waals surface area (Å²) in [6.45, 7) is 4.34. The monoisotopic (exact) mass is 127 g/mol. The van der Waals surface area contributed by atoms with Crippen molar-refractivity contribution in [1.29, 1.82) is 0 Å². The zero-order chi connectivity index (χ0) is 7.28. The second kappa shape index (κ2) is 4.57. The minimum absolute atomic E-state index is 0.574. The van der Waals surface area contributed by atoms with E-state index in [0.717, 1.165) is 6.42 Å². The summed E-state index contributed by atoms with van der Waals surface area (Å²) in [4.78, 5) is 2.19. The van der Waals surface area contributed by atoms with E-state index in [0.29, 0.717) is 6.04 Å². The highest BCUT2D eigenvalue weighted by atomic mass is 15.1. The van der Waals surface area contributed by atoms with Crippen LogP contribution in [0.4, 0.5) is 0 Å². The van der Waals surface area contributed by atoms with Gasteiger partial charge >= 0.3 is 0 Å². The summed E-state index contributed by atoms with van der Waals surface area (Å²) in [6.07, 6.45) is 5.56. The summed E-state index contributed by atoms with van der Waals surface area (Å²) < 4.78 is 0. The number of likely N-dealkylation sites (N-methyl/N-ethyl adjacent to an activating group) is 1. The molecule has 0 radical (unpaired) electrons. The molecule has 1 heteroatoms. The summed E-state index contributed by atoms with van der Waals surface area (Å²) in [6, 6.07) is 0.574. The van der Waals surface area contributed by atoms with E-state index in [-0.39, 0.29) is 0 Å². The van der Waals surface area contributed by atoms with Gasteiger partial charge in [0.1, 0.15) is 0 Å². The quantitative estimate of drug-likeness (QED) is 0.523. The van der Waals surface area contributed by atoms with Crippen LogP contribution < -0.4 is 0 Å². The third kappa shape index (κ3) is 4.22. The lowest BCUT2D eigenvalue weighted by Crippen LogP contribution is -2.21. The Balaban J connectivity index is 3.48. The first kappa shape index (κ1) is 8.70. The Hall–Kier alpha value is -0.300. The maximum Gasteiger partial charge on any atom is 0.0243 e. The summed E-state index contributed by atoms with van der Waals surface area (Å²) in [7, 11) is 4.18. The van der Waals surface area contributed by atoms with Crippen molar-refractivity contribution in [2.24, 2.45) is 0 Å². The Labute approximate surface area is 58.4 Å². The van der Waals surface area contributed by atoms with Crippen LogP contribution in [-0.4, -0.2) is 25.0 Å². The van der Waals surface area contributed by atoms with Crippen molar-refractivity contribution in [3.8, 4) is 0 Å². The van der Waals surface area contributed by atoms with Gasteiger partial charge in [0.25, 0.3) is 0 Å². The van der Waals surface area contributed by atoms with Gasteiger partial charge in [-0.25, -0.2) is 0 Å². The van der Waals surface area contributed by atoms with Crippen molar-refractivity contribution in [2.75, 3.05) is 14.1 Å². The van der Waals surface area contributed by atoms with Gasteiger partial charge in [-0.1, -0.05) is 19.1 Å². The predicted molar refractivity (Wildman–Crippen MR) is 42.6 cm³/mol. The summed E-state index contributed by atoms with van der Waals surface area (Å²) in [5.74, 6) is 0. The van der Waals surface area contributed by atoms with E-state index in [4.69, 9.17) is 0 Å². The van der Waals surface area contributed by atoms with Crippen LogP contribution in [0.5, 0.6) is 0 Å². The van der Waals surface area contributed by atoms with Crippen molar-refractivity contribution in [3.05, 3.63) is 12.2 Å². The second-order valence-electron chi connectivity index (χ2n) is 2.54. The Morgan fingerprint density at radius 2 is 2.00 bits per heavy atom. The van der Waals surface area contributed by atoms with E-state index in [1.165, 1.54) is 0 Å². The number of hydrogen-bond donors (Lipinski definition) is 0. The van der Waals surface area contributed by atoms with E-state index < -0.39 is 0 Å². The maximum atomic E-state index is 2.22. The molecular weight excluding hydrogens is 110 g/mol. The molecule has 0 aliphatic carbocycles. The molecule has 0 amide bonds. The molecule has 0 rings (SSSR count). The molecule has 1 atom stereocenters. The van der Waals surface area contributed by atoms with E-state index >= 15 is 0 Å². The number of allylic oxidation sites excluding steroid dienone is 1. The molecule has 0 aromatic rings. The summed E-state index contributed by atoms with van der Waals surface area (Å²) in [5, 5.41) is 0. The Morgan fingerprint density at radius 1 is 1.44 bits per heavy atom. The fraction of sp³-hybridized carbons (Fsp3) is 0.750. The van der Waals surface area contributed by atoms with E-state index in [1.54, 1.807) is 0 Å². The first-order chi connectivity index (χ1) is 4.18. The Bertz CT molecular complexity index is 84.6. The fourth-order valence-electron chi connectivity index (χ4n) is 0.505. The van der Waals surface area contributed by atoms with Gasteiger partial charge in [0.05, 0.1) is 0 Å². The van der Waals surface area contributed by atoms with E-state index in [9.17, 15) is 0 Å². The highest BCUT2D eigenvalue weighted by Gasteiger charge is 1.95. The van der Waals surface area contributed by atoms with Gasteiger partial charge < -0.3 is 4.90 Å². The fourth-order valence-corrected chi connectivity index (χ4v) is 0.505. The third-order valence-corrected chi connectivity index (χ3v) is 1.46. The molecule has 1 unspecified atom stereocenters. The van der Waals surface area contributed by atoms with Crippen LogP contribution in [0.15, 0.2) is 12.2 Å². The van der Waals surface area contributed by atoms with Crippen molar-refractivity contribution in [1.82, 2.24) is 4.90 Å². The van der Waals surface area contributed by atoms with E-state index in [1.807, 2.05) is 0 Å². The van der Waals surface area contributed by atoms with Crippen LogP contribution in [0.1, 0.15) is 20.3 Å². The minimum Gasteiger partial charge on any atom is -0.303 e. The lowest BCUT2D eigenvalue weighted by molar-refractivity contribution is 0.363. The standard InChI is InChI=1S/C8H17N/c1-5-6-7-8(2)9(3)4/h6-8H,5H2,1-4H3. The zero-order valence-electron chi connectivity index (χ0n) is 6.89. The normalized spacial score (nSPS) is 15.2. The zero-order valence-corrected chi connectivity index (χ0v) is 6.89. The number of nitrogens with zero attached hydrogens (tertiary/aromatic N) is 1. The molecular formula is C8H17N. The van der Waals surface area contributed by atoms with Crippen molar-refractivity contribution >= 4 is 0 Å². The molecule has 9 heavy (non-hydrogen) atoms. The molecule has 0 aliphatic heterocycles. The van der Waals surface area contributed by atoms with Gasteiger partial charge in [-0.3, -0.25) is 0 Å². The van der Waals surface area contributed by atoms with Crippen LogP contribution in [0, 0.1) is 0 Å². The first-order valence-corrected chi connectivity index (χ1v) is 3.51. The molecule has 0 bridgehead atoms. The Morgan fingerprint density at radius 3 is 2.33 bits per heavy atom. The van der Waals surface area contributed by atoms with Crippen LogP contribution in [0.25, 0.3) is 0 Å². The number of hydrogen-bond acceptors (Lipinski definition) is 1. The highest BCUT2D eigenvalue weighted by molar-refractivity contribution is 4.89. The molecule has 0 N–H and O–H groups in total. The van der Waals surface area contributed by atoms with Crippen molar-refractivity contribution in [2.45, 2.75) is 26.3 Å². The lowest BCUT2D eigenvalue weighted by Gasteiger charge is -2.14. The van der Waals surface area contributed by atoms with Crippen LogP contribution in [0.2, 0.25) is 0 Å². The number of rotatable bonds is 3. The SMILES string of the molecule is CCC=CC(C)N(C)C. The van der Waals surface area contributed by atoms with Crippen LogP contribution >= 0.6 is 0 Å². The summed E-state index contributed by atoms with van der Waals surface area (Å²) >= 11 is 0. The van der Waals surface area contributed by atoms with Crippen molar-refractivity contribution < 1.29 is 0 Å². The van der Waals surface area contributed by atoms with Gasteiger partial charge in [0.15, 0.2) is 0 Å². The molecule has 54 valence electrons. The van der Waals surface area contributed by atoms with Gasteiger partial charge in [-0.15, -0.1) is 0 Å². The smallest absolute Gasteiger partial charge is 0.0243 e. The summed E-state index contributed by atoms with van der Waals surface area (Å²) in [5.41, 5.74) is 0. The molecule has 0 heterocycles. The molecule has 0 saturated heterocycles. The third-order valence-electron chi connectivity index (χ3n) is 1.46. The highest BCUT2D eigenvalue weighted by Crippen LogP contribution is 1.93. The average molecular weight is 127 g/mol. The first-order valence-electron chi connectivity index (χ1n) is 3.51. The van der Waals surface area contributed by atoms with Gasteiger partial charge in [-0.05, 0) is 27.4 Å². The van der Waals surface area contributed by atoms with Gasteiger partial charge in [0.2, 0.25) is 0 Å². The molecule has 0 fully saturated rings. The van der Waals surface area contributed by atoms with Gasteiger partial charge in [0, 0.05) is 6.04 Å². The lowest BCUT2D eigenvalue weighted by atomic mass is 10.2. The van der Waals surface area contributed by atoms with E-state index in [2.05, 4.69) is 45.0 Å². The van der Waals surface area contributed by atoms with Crippen molar-refractivity contribution in [3.63, 3.8) is 0 Å². The Kier molecular flexibility index (Phi) is 4.41. The van der Waals surface area contributed by atoms with Crippen LogP contribution in [0.3, 0.4) is 0 Å². The second-order valence-corrected chi connectivity index (χ2v) is 2.54. The molecule has 0 aliphatic rings. The molecule has 0 aromatic carbocycles. The predicted octanol–water partition coefficient (Wildman–Crippen LogP) is 1.90. The molecule has 0 aromatic heterocycles. The molecule has 0 spiro atoms. The maximum absolute atomic E-state index is 2.22. The van der Waals surface area contributed by atoms with Crippen LogP contribution in [-0.2, 0) is 0 Å². The topological polar surface area (TPSA) is 3.24 Å². The minimum atomic E-state index is 0.574. The molecule has 1 nitrogen and oxygen atoms in total.